The third-order valence-corrected chi connectivity index (χ3v) is 7.03. The molecule has 3 amide bonds. The SMILES string of the molecule is CCOc1ccc(N2CC(C)CN3C4C(=O)N(CCc5ccccc5)C(=O)N(C)C4NC23)cc1. The second-order valence-electron chi connectivity index (χ2n) is 9.43. The topological polar surface area (TPSA) is 68.4 Å². The zero-order valence-electron chi connectivity index (χ0n) is 20.1. The Morgan fingerprint density at radius 3 is 2.47 bits per heavy atom. The second kappa shape index (κ2) is 9.27. The van der Waals surface area contributed by atoms with Crippen LogP contribution < -0.4 is 15.0 Å². The number of rotatable bonds is 6. The lowest BCUT2D eigenvalue weighted by Crippen LogP contribution is -2.66. The van der Waals surface area contributed by atoms with Gasteiger partial charge in [0.2, 0.25) is 0 Å². The van der Waals surface area contributed by atoms with Crippen molar-refractivity contribution in [1.29, 1.82) is 0 Å². The predicted molar refractivity (Wildman–Crippen MR) is 130 cm³/mol. The van der Waals surface area contributed by atoms with E-state index in [0.29, 0.717) is 25.5 Å². The van der Waals surface area contributed by atoms with Crippen LogP contribution in [0.3, 0.4) is 0 Å². The molecule has 2 aromatic carbocycles. The summed E-state index contributed by atoms with van der Waals surface area (Å²) < 4.78 is 5.60. The van der Waals surface area contributed by atoms with E-state index < -0.39 is 6.04 Å². The Morgan fingerprint density at radius 2 is 1.76 bits per heavy atom. The molecule has 3 fully saturated rings. The molecule has 0 bridgehead atoms. The maximum absolute atomic E-state index is 13.7. The minimum Gasteiger partial charge on any atom is -0.494 e. The van der Waals surface area contributed by atoms with Crippen molar-refractivity contribution in [2.24, 2.45) is 5.92 Å². The Bertz CT molecular complexity index is 1030. The van der Waals surface area contributed by atoms with Gasteiger partial charge < -0.3 is 14.5 Å². The Balaban J connectivity index is 1.38. The largest absolute Gasteiger partial charge is 0.494 e. The van der Waals surface area contributed by atoms with Crippen LogP contribution in [0.25, 0.3) is 0 Å². The van der Waals surface area contributed by atoms with Crippen molar-refractivity contribution in [1.82, 2.24) is 20.0 Å². The summed E-state index contributed by atoms with van der Waals surface area (Å²) in [4.78, 5) is 34.5. The molecular weight excluding hydrogens is 430 g/mol. The summed E-state index contributed by atoms with van der Waals surface area (Å²) in [6.45, 7) is 6.86. The van der Waals surface area contributed by atoms with Crippen molar-refractivity contribution in [2.75, 3.05) is 38.2 Å². The number of fused-ring (bicyclic) bond motifs is 3. The summed E-state index contributed by atoms with van der Waals surface area (Å²) in [7, 11) is 1.79. The van der Waals surface area contributed by atoms with E-state index in [1.165, 1.54) is 4.90 Å². The number of nitrogens with one attached hydrogen (secondary N) is 1. The molecule has 0 aromatic heterocycles. The predicted octanol–water partition coefficient (Wildman–Crippen LogP) is 2.56. The van der Waals surface area contributed by atoms with E-state index in [9.17, 15) is 9.59 Å². The molecule has 3 aliphatic heterocycles. The van der Waals surface area contributed by atoms with Gasteiger partial charge in [0.05, 0.1) is 6.61 Å². The normalized spacial score (nSPS) is 27.1. The molecule has 5 rings (SSSR count). The highest BCUT2D eigenvalue weighted by Crippen LogP contribution is 2.35. The van der Waals surface area contributed by atoms with Gasteiger partial charge in [-0.05, 0) is 49.1 Å². The minimum atomic E-state index is -0.406. The molecule has 1 N–H and O–H groups in total. The summed E-state index contributed by atoms with van der Waals surface area (Å²) in [5.74, 6) is 1.10. The summed E-state index contributed by atoms with van der Waals surface area (Å²) in [6.07, 6.45) is 0.139. The highest BCUT2D eigenvalue weighted by Gasteiger charge is 2.56. The molecule has 4 unspecified atom stereocenters. The van der Waals surface area contributed by atoms with E-state index in [4.69, 9.17) is 4.74 Å². The monoisotopic (exact) mass is 463 g/mol. The van der Waals surface area contributed by atoms with Crippen LogP contribution >= 0.6 is 0 Å². The van der Waals surface area contributed by atoms with Gasteiger partial charge in [-0.2, -0.15) is 0 Å². The first-order chi connectivity index (χ1) is 16.5. The van der Waals surface area contributed by atoms with Gasteiger partial charge in [0.1, 0.15) is 24.2 Å². The average Bonchev–Trinajstić information content (AvgIpc) is 3.23. The van der Waals surface area contributed by atoms with Gasteiger partial charge in [0.15, 0.2) is 0 Å². The Morgan fingerprint density at radius 1 is 1.03 bits per heavy atom. The van der Waals surface area contributed by atoms with Gasteiger partial charge in [-0.3, -0.25) is 19.9 Å². The lowest BCUT2D eigenvalue weighted by Gasteiger charge is -2.46. The van der Waals surface area contributed by atoms with E-state index in [1.54, 1.807) is 11.9 Å². The third-order valence-electron chi connectivity index (χ3n) is 7.03. The molecule has 2 aromatic rings. The van der Waals surface area contributed by atoms with Crippen LogP contribution in [0.5, 0.6) is 5.75 Å². The van der Waals surface area contributed by atoms with Crippen molar-refractivity contribution >= 4 is 17.6 Å². The number of urea groups is 1. The number of amides is 3. The number of benzene rings is 2. The van der Waals surface area contributed by atoms with Crippen LogP contribution in [0, 0.1) is 5.92 Å². The standard InChI is InChI=1S/C26H33N5O3/c1-4-34-21-12-10-20(11-13-21)30-16-18(2)17-31-22-23(27-25(30)31)28(3)26(33)29(24(22)32)15-14-19-8-6-5-7-9-19/h5-13,18,22-23,25,27H,4,14-17H2,1-3H3. The molecule has 0 saturated carbocycles. The fourth-order valence-corrected chi connectivity index (χ4v) is 5.41. The van der Waals surface area contributed by atoms with Crippen molar-refractivity contribution < 1.29 is 14.3 Å². The molecule has 3 aliphatic rings. The van der Waals surface area contributed by atoms with Crippen molar-refractivity contribution in [3.05, 3.63) is 60.2 Å². The zero-order chi connectivity index (χ0) is 23.8. The van der Waals surface area contributed by atoms with Gasteiger partial charge in [0.25, 0.3) is 5.91 Å². The number of imide groups is 1. The van der Waals surface area contributed by atoms with Crippen LogP contribution in [0.15, 0.2) is 54.6 Å². The van der Waals surface area contributed by atoms with Crippen LogP contribution in [-0.2, 0) is 11.2 Å². The third kappa shape index (κ3) is 4.01. The zero-order valence-corrected chi connectivity index (χ0v) is 20.1. The number of nitrogens with zero attached hydrogens (tertiary/aromatic N) is 4. The molecular formula is C26H33N5O3. The number of carbonyl (C=O) groups excluding carboxylic acids is 2. The number of likely N-dealkylation sites (N-methyl/N-ethyl adjacent to an activating group) is 1. The highest BCUT2D eigenvalue weighted by molar-refractivity contribution is 6.00. The molecule has 0 radical (unpaired) electrons. The maximum Gasteiger partial charge on any atom is 0.327 e. The fraction of sp³-hybridized carbons (Fsp3) is 0.462. The van der Waals surface area contributed by atoms with E-state index >= 15 is 0 Å². The van der Waals surface area contributed by atoms with Gasteiger partial charge in [-0.15, -0.1) is 0 Å². The average molecular weight is 464 g/mol. The van der Waals surface area contributed by atoms with Crippen molar-refractivity contribution in [2.45, 2.75) is 38.8 Å². The first-order valence-electron chi connectivity index (χ1n) is 12.1. The Kier molecular flexibility index (Phi) is 6.18. The molecule has 0 spiro atoms. The number of ether oxygens (including phenoxy) is 1. The molecule has 8 nitrogen and oxygen atoms in total. The lowest BCUT2D eigenvalue weighted by molar-refractivity contribution is -0.138. The van der Waals surface area contributed by atoms with Crippen LogP contribution in [0.4, 0.5) is 10.5 Å². The molecule has 34 heavy (non-hydrogen) atoms. The van der Waals surface area contributed by atoms with Gasteiger partial charge >= 0.3 is 6.03 Å². The Labute approximate surface area is 201 Å². The summed E-state index contributed by atoms with van der Waals surface area (Å²) in [5, 5.41) is 3.59. The molecule has 3 saturated heterocycles. The molecule has 180 valence electrons. The maximum atomic E-state index is 13.7. The smallest absolute Gasteiger partial charge is 0.327 e. The number of hydrogen-bond acceptors (Lipinski definition) is 6. The molecule has 0 aliphatic carbocycles. The van der Waals surface area contributed by atoms with Crippen molar-refractivity contribution in [3.63, 3.8) is 0 Å². The molecule has 8 heteroatoms. The number of hydrogen-bond donors (Lipinski definition) is 1. The quantitative estimate of drug-likeness (QED) is 0.710. The van der Waals surface area contributed by atoms with Gasteiger partial charge in [0, 0.05) is 32.4 Å². The minimum absolute atomic E-state index is 0.111. The van der Waals surface area contributed by atoms with Crippen LogP contribution in [-0.4, -0.2) is 78.4 Å². The summed E-state index contributed by atoms with van der Waals surface area (Å²) in [6, 6.07) is 17.4. The second-order valence-corrected chi connectivity index (χ2v) is 9.43. The van der Waals surface area contributed by atoms with E-state index in [2.05, 4.69) is 34.2 Å². The molecule has 4 atom stereocenters. The first-order valence-corrected chi connectivity index (χ1v) is 12.1. The van der Waals surface area contributed by atoms with Crippen LogP contribution in [0.1, 0.15) is 19.4 Å². The summed E-state index contributed by atoms with van der Waals surface area (Å²) >= 11 is 0. The van der Waals surface area contributed by atoms with Gasteiger partial charge in [-0.1, -0.05) is 37.3 Å². The first kappa shape index (κ1) is 22.7. The van der Waals surface area contributed by atoms with Gasteiger partial charge in [-0.25, -0.2) is 4.79 Å². The number of carbonyl (C=O) groups is 2. The van der Waals surface area contributed by atoms with E-state index in [0.717, 1.165) is 30.1 Å². The lowest BCUT2D eigenvalue weighted by atomic mass is 10.0. The molecule has 3 heterocycles. The number of anilines is 1. The van der Waals surface area contributed by atoms with Crippen molar-refractivity contribution in [3.8, 4) is 5.75 Å². The van der Waals surface area contributed by atoms with E-state index in [1.807, 2.05) is 49.4 Å². The van der Waals surface area contributed by atoms with Crippen LogP contribution in [0.2, 0.25) is 0 Å². The highest BCUT2D eigenvalue weighted by atomic mass is 16.5. The fourth-order valence-electron chi connectivity index (χ4n) is 5.41. The summed E-state index contributed by atoms with van der Waals surface area (Å²) in [5.41, 5.74) is 2.18. The van der Waals surface area contributed by atoms with E-state index in [-0.39, 0.29) is 24.4 Å². The Hall–Kier alpha value is -3.10.